The van der Waals surface area contributed by atoms with E-state index in [1.165, 1.54) is 13.0 Å². The zero-order valence-electron chi connectivity index (χ0n) is 13.5. The van der Waals surface area contributed by atoms with Crippen molar-refractivity contribution in [3.05, 3.63) is 56.3 Å². The van der Waals surface area contributed by atoms with Crippen molar-refractivity contribution < 1.29 is 23.1 Å². The van der Waals surface area contributed by atoms with Crippen molar-refractivity contribution in [3.63, 3.8) is 0 Å². The van der Waals surface area contributed by atoms with E-state index >= 15 is 0 Å². The van der Waals surface area contributed by atoms with Crippen LogP contribution in [-0.4, -0.2) is 15.6 Å². The molecule has 0 saturated carbocycles. The molecule has 0 aliphatic carbocycles. The van der Waals surface area contributed by atoms with Crippen LogP contribution in [0.4, 0.5) is 13.2 Å². The Morgan fingerprint density at radius 2 is 1.68 bits per heavy atom. The van der Waals surface area contributed by atoms with E-state index in [-0.39, 0.29) is 21.3 Å². The number of aromatic nitrogens is 1. The van der Waals surface area contributed by atoms with Gasteiger partial charge in [0.1, 0.15) is 0 Å². The monoisotopic (exact) mass is 391 g/mol. The van der Waals surface area contributed by atoms with Crippen LogP contribution in [0.2, 0.25) is 10.0 Å². The van der Waals surface area contributed by atoms with Gasteiger partial charge in [-0.2, -0.15) is 13.2 Å². The zero-order valence-corrected chi connectivity index (χ0v) is 15.0. The molecule has 1 aromatic heterocycles. The van der Waals surface area contributed by atoms with E-state index in [0.29, 0.717) is 17.0 Å². The highest BCUT2D eigenvalue weighted by molar-refractivity contribution is 6.38. The molecule has 25 heavy (non-hydrogen) atoms. The smallest absolute Gasteiger partial charge is 0.416 e. The number of aliphatic carboxylic acids is 1. The fourth-order valence-electron chi connectivity index (χ4n) is 2.52. The summed E-state index contributed by atoms with van der Waals surface area (Å²) in [5.74, 6) is -1.06. The summed E-state index contributed by atoms with van der Waals surface area (Å²) in [7, 11) is 0. The standard InChI is InChI=1S/C17H14Cl2F3NO2/c1-8(16(24)25)4-11-5-9(2)23(10(11)3)15-13(18)6-12(7-14(15)19)17(20,21)22/h4-7H,1-3H3,(H,24,25)/b8-4+. The lowest BCUT2D eigenvalue weighted by atomic mass is 10.1. The third-order valence-electron chi connectivity index (χ3n) is 3.75. The Kier molecular flexibility index (Phi) is 5.25. The molecule has 0 aliphatic rings. The van der Waals surface area contributed by atoms with E-state index in [2.05, 4.69) is 0 Å². The molecule has 0 saturated heterocycles. The lowest BCUT2D eigenvalue weighted by molar-refractivity contribution is -0.137. The molecule has 1 N–H and O–H groups in total. The van der Waals surface area contributed by atoms with Crippen LogP contribution in [0.3, 0.4) is 0 Å². The molecular formula is C17H14Cl2F3NO2. The van der Waals surface area contributed by atoms with Gasteiger partial charge in [-0.3, -0.25) is 0 Å². The van der Waals surface area contributed by atoms with Gasteiger partial charge in [-0.05, 0) is 50.6 Å². The van der Waals surface area contributed by atoms with Crippen LogP contribution in [0.25, 0.3) is 11.8 Å². The highest BCUT2D eigenvalue weighted by Crippen LogP contribution is 2.39. The maximum atomic E-state index is 12.9. The Bertz CT molecular complexity index is 860. The third-order valence-corrected chi connectivity index (χ3v) is 4.32. The summed E-state index contributed by atoms with van der Waals surface area (Å²) in [6, 6.07) is 3.35. The fourth-order valence-corrected chi connectivity index (χ4v) is 3.17. The second kappa shape index (κ2) is 6.77. The van der Waals surface area contributed by atoms with E-state index in [9.17, 15) is 18.0 Å². The lowest BCUT2D eigenvalue weighted by Gasteiger charge is -2.16. The van der Waals surface area contributed by atoms with Crippen LogP contribution in [0.1, 0.15) is 29.4 Å². The van der Waals surface area contributed by atoms with Crippen molar-refractivity contribution in [2.75, 3.05) is 0 Å². The number of hydrogen-bond acceptors (Lipinski definition) is 1. The topological polar surface area (TPSA) is 42.2 Å². The normalized spacial score (nSPS) is 12.6. The molecule has 134 valence electrons. The average Bonchev–Trinajstić information content (AvgIpc) is 2.73. The maximum absolute atomic E-state index is 12.9. The predicted molar refractivity (Wildman–Crippen MR) is 91.6 cm³/mol. The van der Waals surface area contributed by atoms with Crippen molar-refractivity contribution in [2.24, 2.45) is 0 Å². The van der Waals surface area contributed by atoms with Gasteiger partial charge in [0.2, 0.25) is 0 Å². The van der Waals surface area contributed by atoms with E-state index in [4.69, 9.17) is 28.3 Å². The average molecular weight is 392 g/mol. The van der Waals surface area contributed by atoms with Gasteiger partial charge in [0, 0.05) is 17.0 Å². The minimum atomic E-state index is -4.56. The Morgan fingerprint density at radius 1 is 1.16 bits per heavy atom. The quantitative estimate of drug-likeness (QED) is 0.660. The number of hydrogen-bond donors (Lipinski definition) is 1. The molecule has 8 heteroatoms. The molecule has 0 atom stereocenters. The van der Waals surface area contributed by atoms with E-state index < -0.39 is 17.7 Å². The Balaban J connectivity index is 2.67. The number of alkyl halides is 3. The van der Waals surface area contributed by atoms with Crippen LogP contribution in [0.15, 0.2) is 23.8 Å². The van der Waals surface area contributed by atoms with Crippen LogP contribution >= 0.6 is 23.2 Å². The highest BCUT2D eigenvalue weighted by Gasteiger charge is 2.32. The molecule has 0 spiro atoms. The summed E-state index contributed by atoms with van der Waals surface area (Å²) in [5.41, 5.74) is 1.30. The summed E-state index contributed by atoms with van der Waals surface area (Å²) in [4.78, 5) is 11.0. The first-order valence-corrected chi connectivity index (χ1v) is 7.86. The van der Waals surface area contributed by atoms with Crippen LogP contribution in [0.5, 0.6) is 0 Å². The predicted octanol–water partition coefficient (Wildman–Crippen LogP) is 5.91. The highest BCUT2D eigenvalue weighted by atomic mass is 35.5. The van der Waals surface area contributed by atoms with Gasteiger partial charge in [-0.15, -0.1) is 0 Å². The molecule has 0 aliphatic heterocycles. The Morgan fingerprint density at radius 3 is 2.12 bits per heavy atom. The van der Waals surface area contributed by atoms with Crippen molar-refractivity contribution in [1.29, 1.82) is 0 Å². The van der Waals surface area contributed by atoms with Gasteiger partial charge in [0.05, 0.1) is 21.3 Å². The Labute approximate surface area is 152 Å². The number of aryl methyl sites for hydroxylation is 1. The van der Waals surface area contributed by atoms with E-state index in [1.54, 1.807) is 24.5 Å². The number of halogens is 5. The van der Waals surface area contributed by atoms with E-state index in [0.717, 1.165) is 12.1 Å². The van der Waals surface area contributed by atoms with Crippen molar-refractivity contribution in [3.8, 4) is 5.69 Å². The molecule has 1 heterocycles. The SMILES string of the molecule is C/C(=C\c1cc(C)n(-c2c(Cl)cc(C(F)(F)F)cc2Cl)c1C)C(=O)O. The molecule has 0 amide bonds. The molecule has 0 radical (unpaired) electrons. The minimum absolute atomic E-state index is 0.130. The number of benzene rings is 1. The van der Waals surface area contributed by atoms with E-state index in [1.807, 2.05) is 0 Å². The number of nitrogens with zero attached hydrogens (tertiary/aromatic N) is 1. The van der Waals surface area contributed by atoms with Gasteiger partial charge in [-0.25, -0.2) is 4.79 Å². The van der Waals surface area contributed by atoms with Crippen LogP contribution in [0, 0.1) is 13.8 Å². The van der Waals surface area contributed by atoms with Crippen LogP contribution in [-0.2, 0) is 11.0 Å². The summed E-state index contributed by atoms with van der Waals surface area (Å²) in [6.45, 7) is 4.88. The molecule has 0 unspecified atom stereocenters. The molecule has 0 fully saturated rings. The Hall–Kier alpha value is -1.92. The number of rotatable bonds is 3. The fraction of sp³-hybridized carbons (Fsp3) is 0.235. The van der Waals surface area contributed by atoms with Crippen molar-refractivity contribution >= 4 is 35.2 Å². The van der Waals surface area contributed by atoms with Gasteiger partial charge in [0.15, 0.2) is 0 Å². The molecule has 2 aromatic rings. The zero-order chi connectivity index (χ0) is 19.1. The summed E-state index contributed by atoms with van der Waals surface area (Å²) in [6.07, 6.45) is -3.08. The first-order chi connectivity index (χ1) is 11.4. The molecule has 1 aromatic carbocycles. The first kappa shape index (κ1) is 19.4. The summed E-state index contributed by atoms with van der Waals surface area (Å²) >= 11 is 12.1. The van der Waals surface area contributed by atoms with Gasteiger partial charge in [-0.1, -0.05) is 23.2 Å². The van der Waals surface area contributed by atoms with Crippen LogP contribution < -0.4 is 0 Å². The van der Waals surface area contributed by atoms with Gasteiger partial charge in [0.25, 0.3) is 0 Å². The minimum Gasteiger partial charge on any atom is -0.478 e. The number of carboxylic acid groups (broad SMARTS) is 1. The largest absolute Gasteiger partial charge is 0.478 e. The summed E-state index contributed by atoms with van der Waals surface area (Å²) in [5, 5.41) is 8.71. The third kappa shape index (κ3) is 3.85. The maximum Gasteiger partial charge on any atom is 0.416 e. The number of carboxylic acids is 1. The molecule has 0 bridgehead atoms. The second-order valence-corrected chi connectivity index (χ2v) is 6.40. The molecule has 3 nitrogen and oxygen atoms in total. The second-order valence-electron chi connectivity index (χ2n) is 5.58. The van der Waals surface area contributed by atoms with Gasteiger partial charge < -0.3 is 9.67 Å². The molecule has 2 rings (SSSR count). The number of carbonyl (C=O) groups is 1. The lowest BCUT2D eigenvalue weighted by Crippen LogP contribution is -2.08. The van der Waals surface area contributed by atoms with Crippen molar-refractivity contribution in [2.45, 2.75) is 26.9 Å². The van der Waals surface area contributed by atoms with Crippen molar-refractivity contribution in [1.82, 2.24) is 4.57 Å². The first-order valence-electron chi connectivity index (χ1n) is 7.10. The summed E-state index contributed by atoms with van der Waals surface area (Å²) < 4.78 is 40.2. The van der Waals surface area contributed by atoms with Gasteiger partial charge >= 0.3 is 12.1 Å². The molecular weight excluding hydrogens is 378 g/mol.